The van der Waals surface area contributed by atoms with Crippen LogP contribution in [0.5, 0.6) is 0 Å². The maximum Gasteiger partial charge on any atom is 0.258 e. The van der Waals surface area contributed by atoms with Gasteiger partial charge >= 0.3 is 0 Å². The van der Waals surface area contributed by atoms with Gasteiger partial charge in [0.15, 0.2) is 17.5 Å². The molecule has 0 radical (unpaired) electrons. The van der Waals surface area contributed by atoms with Gasteiger partial charge in [-0.2, -0.15) is 0 Å². The number of nitrogens with zero attached hydrogens (tertiary/aromatic N) is 2. The number of nitrogens with one attached hydrogen (secondary N) is 2. The van der Waals surface area contributed by atoms with Crippen molar-refractivity contribution in [2.24, 2.45) is 0 Å². The quantitative estimate of drug-likeness (QED) is 0.686. The number of hydrogen-bond acceptors (Lipinski definition) is 4. The van der Waals surface area contributed by atoms with Gasteiger partial charge in [-0.15, -0.1) is 0 Å². The zero-order valence-electron chi connectivity index (χ0n) is 13.6. The lowest BCUT2D eigenvalue weighted by Crippen LogP contribution is -2.15. The number of halogens is 3. The third-order valence-electron chi connectivity index (χ3n) is 3.48. The second kappa shape index (κ2) is 7.22. The number of aryl methyl sites for hydroxylation is 1. The predicted octanol–water partition coefficient (Wildman–Crippen LogP) is 4.20. The lowest BCUT2D eigenvalue weighted by Gasteiger charge is -2.10. The van der Waals surface area contributed by atoms with Gasteiger partial charge in [0.1, 0.15) is 12.1 Å². The zero-order chi connectivity index (χ0) is 18.7. The lowest BCUT2D eigenvalue weighted by atomic mass is 10.1. The van der Waals surface area contributed by atoms with Gasteiger partial charge in [0.25, 0.3) is 5.91 Å². The molecule has 8 heteroatoms. The molecular formula is C18H13F3N4O. The molecule has 0 aliphatic rings. The average molecular weight is 358 g/mol. The first-order valence-electron chi connectivity index (χ1n) is 7.54. The second-order valence-corrected chi connectivity index (χ2v) is 5.43. The SMILES string of the molecule is Cc1cc(Nc2cccc(NC(=O)c3ccc(F)c(F)c3F)c2)ncn1. The molecule has 0 saturated carbocycles. The Morgan fingerprint density at radius 2 is 1.73 bits per heavy atom. The van der Waals surface area contributed by atoms with Crippen molar-refractivity contribution in [3.05, 3.63) is 77.5 Å². The fourth-order valence-corrected chi connectivity index (χ4v) is 2.25. The maximum absolute atomic E-state index is 13.7. The number of carbonyl (C=O) groups excluding carboxylic acids is 1. The summed E-state index contributed by atoms with van der Waals surface area (Å²) in [5.74, 6) is -4.91. The van der Waals surface area contributed by atoms with E-state index in [4.69, 9.17) is 0 Å². The summed E-state index contributed by atoms with van der Waals surface area (Å²) in [4.78, 5) is 20.2. The summed E-state index contributed by atoms with van der Waals surface area (Å²) in [6, 6.07) is 9.89. The van der Waals surface area contributed by atoms with Crippen LogP contribution in [0.1, 0.15) is 16.1 Å². The van der Waals surface area contributed by atoms with Crippen LogP contribution in [-0.4, -0.2) is 15.9 Å². The van der Waals surface area contributed by atoms with Crippen molar-refractivity contribution >= 4 is 23.1 Å². The van der Waals surface area contributed by atoms with E-state index in [1.807, 2.05) is 6.92 Å². The van der Waals surface area contributed by atoms with E-state index in [-0.39, 0.29) is 0 Å². The van der Waals surface area contributed by atoms with E-state index in [0.717, 1.165) is 11.8 Å². The van der Waals surface area contributed by atoms with Crippen LogP contribution in [0.2, 0.25) is 0 Å². The highest BCUT2D eigenvalue weighted by Gasteiger charge is 2.18. The van der Waals surface area contributed by atoms with E-state index >= 15 is 0 Å². The minimum atomic E-state index is -1.69. The third kappa shape index (κ3) is 3.80. The minimum absolute atomic E-state index is 0.343. The van der Waals surface area contributed by atoms with E-state index < -0.39 is 28.9 Å². The Labute approximate surface area is 146 Å². The zero-order valence-corrected chi connectivity index (χ0v) is 13.6. The lowest BCUT2D eigenvalue weighted by molar-refractivity contribution is 0.102. The first-order valence-corrected chi connectivity index (χ1v) is 7.54. The smallest absolute Gasteiger partial charge is 0.258 e. The summed E-state index contributed by atoms with van der Waals surface area (Å²) in [5, 5.41) is 5.48. The molecule has 0 atom stereocenters. The van der Waals surface area contributed by atoms with E-state index in [2.05, 4.69) is 20.6 Å². The number of anilines is 3. The Hall–Kier alpha value is -3.42. The van der Waals surface area contributed by atoms with Gasteiger partial charge < -0.3 is 10.6 Å². The van der Waals surface area contributed by atoms with E-state index in [0.29, 0.717) is 23.3 Å². The van der Waals surface area contributed by atoms with Crippen LogP contribution in [0.4, 0.5) is 30.4 Å². The number of rotatable bonds is 4. The fraction of sp³-hybridized carbons (Fsp3) is 0.0556. The molecule has 3 rings (SSSR count). The molecule has 2 N–H and O–H groups in total. The summed E-state index contributed by atoms with van der Waals surface area (Å²) in [5.41, 5.74) is 1.15. The largest absolute Gasteiger partial charge is 0.340 e. The maximum atomic E-state index is 13.7. The highest BCUT2D eigenvalue weighted by atomic mass is 19.2. The van der Waals surface area contributed by atoms with Gasteiger partial charge in [-0.1, -0.05) is 6.07 Å². The van der Waals surface area contributed by atoms with E-state index in [1.165, 1.54) is 6.33 Å². The van der Waals surface area contributed by atoms with Crippen LogP contribution in [0, 0.1) is 24.4 Å². The summed E-state index contributed by atoms with van der Waals surface area (Å²) in [7, 11) is 0. The van der Waals surface area contributed by atoms with Gasteiger partial charge in [-0.05, 0) is 37.3 Å². The molecule has 0 spiro atoms. The third-order valence-corrected chi connectivity index (χ3v) is 3.48. The average Bonchev–Trinajstić information content (AvgIpc) is 2.60. The summed E-state index contributed by atoms with van der Waals surface area (Å²) in [6.45, 7) is 1.82. The first-order chi connectivity index (χ1) is 12.4. The normalized spacial score (nSPS) is 10.5. The molecular weight excluding hydrogens is 345 g/mol. The summed E-state index contributed by atoms with van der Waals surface area (Å²) in [6.07, 6.45) is 1.41. The highest BCUT2D eigenvalue weighted by Crippen LogP contribution is 2.21. The van der Waals surface area contributed by atoms with Crippen LogP contribution in [-0.2, 0) is 0 Å². The van der Waals surface area contributed by atoms with Crippen molar-refractivity contribution in [1.82, 2.24) is 9.97 Å². The molecule has 1 aromatic heterocycles. The standard InChI is InChI=1S/C18H13F3N4O/c1-10-7-15(23-9-22-10)24-11-3-2-4-12(8-11)25-18(26)13-5-6-14(19)17(21)16(13)20/h2-9H,1H3,(H,25,26)(H,22,23,24). The van der Waals surface area contributed by atoms with Gasteiger partial charge in [0, 0.05) is 23.1 Å². The number of benzene rings is 2. The summed E-state index contributed by atoms with van der Waals surface area (Å²) >= 11 is 0. The van der Waals surface area contributed by atoms with Crippen LogP contribution in [0.3, 0.4) is 0 Å². The molecule has 26 heavy (non-hydrogen) atoms. The van der Waals surface area contributed by atoms with Crippen LogP contribution in [0.15, 0.2) is 48.8 Å². The number of carbonyl (C=O) groups is 1. The number of amides is 1. The van der Waals surface area contributed by atoms with Crippen LogP contribution < -0.4 is 10.6 Å². The Bertz CT molecular complexity index is 978. The van der Waals surface area contributed by atoms with Crippen LogP contribution in [0.25, 0.3) is 0 Å². The molecule has 1 heterocycles. The van der Waals surface area contributed by atoms with Crippen molar-refractivity contribution in [1.29, 1.82) is 0 Å². The van der Waals surface area contributed by atoms with Gasteiger partial charge in [0.2, 0.25) is 0 Å². The molecule has 0 saturated heterocycles. The molecule has 1 amide bonds. The molecule has 0 aliphatic heterocycles. The highest BCUT2D eigenvalue weighted by molar-refractivity contribution is 6.04. The topological polar surface area (TPSA) is 66.9 Å². The number of aromatic nitrogens is 2. The predicted molar refractivity (Wildman–Crippen MR) is 90.8 cm³/mol. The van der Waals surface area contributed by atoms with Crippen molar-refractivity contribution < 1.29 is 18.0 Å². The van der Waals surface area contributed by atoms with Crippen molar-refractivity contribution in [2.75, 3.05) is 10.6 Å². The molecule has 0 fully saturated rings. The molecule has 132 valence electrons. The van der Waals surface area contributed by atoms with E-state index in [9.17, 15) is 18.0 Å². The molecule has 5 nitrogen and oxygen atoms in total. The first kappa shape index (κ1) is 17.4. The molecule has 2 aromatic carbocycles. The van der Waals surface area contributed by atoms with Crippen molar-refractivity contribution in [3.63, 3.8) is 0 Å². The van der Waals surface area contributed by atoms with Gasteiger partial charge in [0.05, 0.1) is 5.56 Å². The Morgan fingerprint density at radius 1 is 0.962 bits per heavy atom. The van der Waals surface area contributed by atoms with Gasteiger partial charge in [-0.3, -0.25) is 4.79 Å². The second-order valence-electron chi connectivity index (χ2n) is 5.43. The number of hydrogen-bond donors (Lipinski definition) is 2. The molecule has 0 bridgehead atoms. The van der Waals surface area contributed by atoms with Crippen LogP contribution >= 0.6 is 0 Å². The minimum Gasteiger partial charge on any atom is -0.340 e. The fourth-order valence-electron chi connectivity index (χ4n) is 2.25. The monoisotopic (exact) mass is 358 g/mol. The Morgan fingerprint density at radius 3 is 2.50 bits per heavy atom. The Kier molecular flexibility index (Phi) is 4.83. The molecule has 0 aliphatic carbocycles. The van der Waals surface area contributed by atoms with Crippen molar-refractivity contribution in [3.8, 4) is 0 Å². The molecule has 0 unspecified atom stereocenters. The molecule has 3 aromatic rings. The van der Waals surface area contributed by atoms with E-state index in [1.54, 1.807) is 30.3 Å². The summed E-state index contributed by atoms with van der Waals surface area (Å²) < 4.78 is 40.0. The Balaban J connectivity index is 1.78. The van der Waals surface area contributed by atoms with Gasteiger partial charge in [-0.25, -0.2) is 23.1 Å². The van der Waals surface area contributed by atoms with Crippen molar-refractivity contribution in [2.45, 2.75) is 6.92 Å².